The molecule has 0 saturated carbocycles. The molecule has 1 amide bonds. The zero-order chi connectivity index (χ0) is 19.9. The zero-order valence-corrected chi connectivity index (χ0v) is 14.8. The molecule has 0 bridgehead atoms. The van der Waals surface area contributed by atoms with E-state index in [-0.39, 0.29) is 11.4 Å². The molecule has 9 heteroatoms. The summed E-state index contributed by atoms with van der Waals surface area (Å²) in [6.07, 6.45) is -3.33. The van der Waals surface area contributed by atoms with Gasteiger partial charge in [-0.25, -0.2) is 4.98 Å². The van der Waals surface area contributed by atoms with Gasteiger partial charge < -0.3 is 19.5 Å². The van der Waals surface area contributed by atoms with Gasteiger partial charge in [0.25, 0.3) is 5.91 Å². The van der Waals surface area contributed by atoms with Crippen molar-refractivity contribution in [2.75, 3.05) is 25.1 Å². The molecule has 1 aromatic carbocycles. The monoisotopic (exact) mass is 384 g/mol. The highest BCUT2D eigenvalue weighted by atomic mass is 19.4. The summed E-state index contributed by atoms with van der Waals surface area (Å²) >= 11 is 0. The number of carbonyl (C=O) groups is 1. The maximum atomic E-state index is 12.4. The normalized spacial score (nSPS) is 11.0. The fourth-order valence-electron chi connectivity index (χ4n) is 2.09. The molecule has 0 atom stereocenters. The van der Waals surface area contributed by atoms with E-state index in [9.17, 15) is 18.0 Å². The maximum Gasteiger partial charge on any atom is 0.422 e. The minimum atomic E-state index is -4.46. The van der Waals surface area contributed by atoms with Crippen LogP contribution in [0.1, 0.15) is 24.2 Å². The first-order chi connectivity index (χ1) is 12.8. The predicted octanol–water partition coefficient (Wildman–Crippen LogP) is 4.07. The second-order valence-electron chi connectivity index (χ2n) is 5.27. The van der Waals surface area contributed by atoms with Gasteiger partial charge in [0, 0.05) is 18.3 Å². The maximum absolute atomic E-state index is 12.4. The second kappa shape index (κ2) is 9.11. The Morgan fingerprint density at radius 2 is 1.81 bits per heavy atom. The average molecular weight is 384 g/mol. The zero-order valence-electron chi connectivity index (χ0n) is 14.8. The van der Waals surface area contributed by atoms with Crippen LogP contribution in [0.4, 0.5) is 18.9 Å². The van der Waals surface area contributed by atoms with Gasteiger partial charge >= 0.3 is 6.18 Å². The van der Waals surface area contributed by atoms with Crippen LogP contribution in [0.5, 0.6) is 17.4 Å². The van der Waals surface area contributed by atoms with E-state index in [0.717, 1.165) is 6.20 Å². The molecule has 2 aromatic rings. The van der Waals surface area contributed by atoms with Crippen molar-refractivity contribution in [1.29, 1.82) is 0 Å². The number of hydrogen-bond donors (Lipinski definition) is 1. The lowest BCUT2D eigenvalue weighted by atomic mass is 10.2. The number of nitrogens with one attached hydrogen (secondary N) is 1. The molecular formula is C18H19F3N2O4. The van der Waals surface area contributed by atoms with E-state index in [0.29, 0.717) is 30.4 Å². The van der Waals surface area contributed by atoms with E-state index in [1.807, 2.05) is 13.8 Å². The minimum Gasteiger partial charge on any atom is -0.494 e. The van der Waals surface area contributed by atoms with Crippen molar-refractivity contribution in [2.24, 2.45) is 0 Å². The van der Waals surface area contributed by atoms with Crippen molar-refractivity contribution in [2.45, 2.75) is 20.0 Å². The summed E-state index contributed by atoms with van der Waals surface area (Å²) in [5.74, 6) is 0.300. The van der Waals surface area contributed by atoms with Gasteiger partial charge in [-0.2, -0.15) is 13.2 Å². The molecule has 0 unspecified atom stereocenters. The second-order valence-corrected chi connectivity index (χ2v) is 5.27. The van der Waals surface area contributed by atoms with Gasteiger partial charge in [-0.1, -0.05) is 0 Å². The Bertz CT molecular complexity index is 764. The van der Waals surface area contributed by atoms with Crippen LogP contribution in [0.25, 0.3) is 0 Å². The number of alkyl halides is 3. The van der Waals surface area contributed by atoms with Gasteiger partial charge in [0.1, 0.15) is 11.5 Å². The van der Waals surface area contributed by atoms with Gasteiger partial charge in [0.2, 0.25) is 5.88 Å². The highest BCUT2D eigenvalue weighted by molar-refractivity contribution is 6.05. The molecule has 0 aliphatic heterocycles. The van der Waals surface area contributed by atoms with Gasteiger partial charge in [-0.05, 0) is 32.0 Å². The van der Waals surface area contributed by atoms with E-state index >= 15 is 0 Å². The number of nitrogens with zero attached hydrogens (tertiary/aromatic N) is 1. The Morgan fingerprint density at radius 1 is 1.07 bits per heavy atom. The average Bonchev–Trinajstić information content (AvgIpc) is 2.62. The number of amides is 1. The molecule has 6 nitrogen and oxygen atoms in total. The first kappa shape index (κ1) is 20.3. The van der Waals surface area contributed by atoms with Crippen molar-refractivity contribution in [3.63, 3.8) is 0 Å². The molecule has 1 N–H and O–H groups in total. The molecule has 0 fully saturated rings. The molecule has 2 rings (SSSR count). The summed E-state index contributed by atoms with van der Waals surface area (Å²) in [6, 6.07) is 7.54. The summed E-state index contributed by atoms with van der Waals surface area (Å²) in [7, 11) is 0. The van der Waals surface area contributed by atoms with Crippen LogP contribution in [-0.2, 0) is 0 Å². The van der Waals surface area contributed by atoms with E-state index < -0.39 is 18.7 Å². The Balaban J connectivity index is 2.10. The fourth-order valence-corrected chi connectivity index (χ4v) is 2.09. The molecule has 0 aliphatic rings. The number of halogens is 3. The first-order valence-corrected chi connectivity index (χ1v) is 8.19. The summed E-state index contributed by atoms with van der Waals surface area (Å²) in [4.78, 5) is 16.1. The van der Waals surface area contributed by atoms with Gasteiger partial charge in [0.15, 0.2) is 6.61 Å². The van der Waals surface area contributed by atoms with Crippen LogP contribution >= 0.6 is 0 Å². The Hall–Kier alpha value is -2.97. The molecule has 0 saturated heterocycles. The van der Waals surface area contributed by atoms with Crippen LogP contribution in [0.3, 0.4) is 0 Å². The molecule has 1 aromatic heterocycles. The van der Waals surface area contributed by atoms with Crippen LogP contribution in [0.2, 0.25) is 0 Å². The van der Waals surface area contributed by atoms with Gasteiger partial charge in [-0.3, -0.25) is 4.79 Å². The van der Waals surface area contributed by atoms with Crippen molar-refractivity contribution in [3.05, 3.63) is 42.1 Å². The molecule has 0 aliphatic carbocycles. The Labute approximate surface area is 154 Å². The first-order valence-electron chi connectivity index (χ1n) is 8.19. The van der Waals surface area contributed by atoms with Crippen molar-refractivity contribution in [3.8, 4) is 17.4 Å². The van der Waals surface area contributed by atoms with E-state index in [1.54, 1.807) is 18.2 Å². The highest BCUT2D eigenvalue weighted by Crippen LogP contribution is 2.30. The van der Waals surface area contributed by atoms with E-state index in [4.69, 9.17) is 9.47 Å². The lowest BCUT2D eigenvalue weighted by Gasteiger charge is -2.13. The Morgan fingerprint density at radius 3 is 2.41 bits per heavy atom. The summed E-state index contributed by atoms with van der Waals surface area (Å²) < 4.78 is 51.8. The number of rotatable bonds is 8. The minimum absolute atomic E-state index is 0.152. The van der Waals surface area contributed by atoms with E-state index in [2.05, 4.69) is 15.0 Å². The fraction of sp³-hybridized carbons (Fsp3) is 0.333. The molecule has 146 valence electrons. The molecule has 1 heterocycles. The van der Waals surface area contributed by atoms with Crippen LogP contribution in [0, 0.1) is 0 Å². The predicted molar refractivity (Wildman–Crippen MR) is 92.5 cm³/mol. The molecule has 0 spiro atoms. The third kappa shape index (κ3) is 6.36. The third-order valence-electron chi connectivity index (χ3n) is 3.19. The summed E-state index contributed by atoms with van der Waals surface area (Å²) in [5, 5.41) is 2.68. The SMILES string of the molecule is CCOc1ccc(OCC)c(NC(=O)c2ccc(OCC(F)(F)F)nc2)c1. The smallest absolute Gasteiger partial charge is 0.422 e. The van der Waals surface area contributed by atoms with Gasteiger partial charge in [0.05, 0.1) is 24.5 Å². The molecule has 0 radical (unpaired) electrons. The number of benzene rings is 1. The highest BCUT2D eigenvalue weighted by Gasteiger charge is 2.28. The number of pyridine rings is 1. The Kier molecular flexibility index (Phi) is 6.86. The van der Waals surface area contributed by atoms with Gasteiger partial charge in [-0.15, -0.1) is 0 Å². The number of aromatic nitrogens is 1. The standard InChI is InChI=1S/C18H19F3N2O4/c1-3-25-13-6-7-15(26-4-2)14(9-13)23-17(24)12-5-8-16(22-10-12)27-11-18(19,20)21/h5-10H,3-4,11H2,1-2H3,(H,23,24). The summed E-state index contributed by atoms with van der Waals surface area (Å²) in [6.45, 7) is 3.07. The van der Waals surface area contributed by atoms with Crippen LogP contribution in [0.15, 0.2) is 36.5 Å². The number of carbonyl (C=O) groups excluding carboxylic acids is 1. The van der Waals surface area contributed by atoms with E-state index in [1.165, 1.54) is 12.1 Å². The van der Waals surface area contributed by atoms with Crippen LogP contribution in [-0.4, -0.2) is 36.9 Å². The molecule has 27 heavy (non-hydrogen) atoms. The van der Waals surface area contributed by atoms with Crippen LogP contribution < -0.4 is 19.5 Å². The summed E-state index contributed by atoms with van der Waals surface area (Å²) in [5.41, 5.74) is 0.559. The third-order valence-corrected chi connectivity index (χ3v) is 3.19. The molecular weight excluding hydrogens is 365 g/mol. The lowest BCUT2D eigenvalue weighted by Crippen LogP contribution is -2.19. The van der Waals surface area contributed by atoms with Crippen molar-refractivity contribution in [1.82, 2.24) is 4.98 Å². The van der Waals surface area contributed by atoms with Crippen molar-refractivity contribution < 1.29 is 32.2 Å². The lowest BCUT2D eigenvalue weighted by molar-refractivity contribution is -0.154. The largest absolute Gasteiger partial charge is 0.494 e. The number of anilines is 1. The quantitative estimate of drug-likeness (QED) is 0.743. The number of ether oxygens (including phenoxy) is 3. The van der Waals surface area contributed by atoms with Crippen molar-refractivity contribution >= 4 is 11.6 Å². The number of hydrogen-bond acceptors (Lipinski definition) is 5. The topological polar surface area (TPSA) is 69.7 Å².